The van der Waals surface area contributed by atoms with Crippen LogP contribution in [0.5, 0.6) is 0 Å². The molecule has 0 aliphatic heterocycles. The third-order valence-corrected chi connectivity index (χ3v) is 7.43. The zero-order chi connectivity index (χ0) is 24.8. The number of rotatable bonds is 5. The molecule has 178 valence electrons. The van der Waals surface area contributed by atoms with Crippen molar-refractivity contribution in [1.29, 1.82) is 0 Å². The smallest absolute Gasteiger partial charge is 0.212 e. The van der Waals surface area contributed by atoms with E-state index in [-0.39, 0.29) is 0 Å². The molecule has 0 aliphatic rings. The molecule has 0 saturated heterocycles. The van der Waals surface area contributed by atoms with Gasteiger partial charge >= 0.3 is 0 Å². The van der Waals surface area contributed by atoms with E-state index >= 15 is 0 Å². The van der Waals surface area contributed by atoms with Gasteiger partial charge in [-0.2, -0.15) is 0 Å². The Bertz CT molecular complexity index is 1740. The van der Waals surface area contributed by atoms with Crippen LogP contribution in [0.2, 0.25) is 0 Å². The fraction of sp³-hybridized carbons (Fsp3) is 0.206. The van der Waals surface area contributed by atoms with Gasteiger partial charge < -0.3 is 4.57 Å². The molecule has 36 heavy (non-hydrogen) atoms. The molecule has 4 aromatic carbocycles. The van der Waals surface area contributed by atoms with E-state index in [9.17, 15) is 0 Å². The van der Waals surface area contributed by atoms with Crippen molar-refractivity contribution in [3.63, 3.8) is 0 Å². The number of nitrogens with zero attached hydrogens (tertiary/aromatic N) is 2. The lowest BCUT2D eigenvalue weighted by Crippen LogP contribution is -2.28. The summed E-state index contributed by atoms with van der Waals surface area (Å²) in [5.41, 5.74) is 8.91. The lowest BCUT2D eigenvalue weighted by molar-refractivity contribution is -0.643. The molecule has 0 saturated carbocycles. The Labute approximate surface area is 213 Å². The minimum atomic E-state index is 0.716. The van der Waals surface area contributed by atoms with Crippen molar-refractivity contribution >= 4 is 32.6 Å². The summed E-state index contributed by atoms with van der Waals surface area (Å²) in [5, 5.41) is 5.14. The van der Waals surface area contributed by atoms with Crippen LogP contribution in [-0.2, 0) is 13.5 Å². The zero-order valence-electron chi connectivity index (χ0n) is 21.6. The van der Waals surface area contributed by atoms with Crippen LogP contribution in [0.1, 0.15) is 31.4 Å². The van der Waals surface area contributed by atoms with Crippen LogP contribution in [0.3, 0.4) is 0 Å². The summed E-state index contributed by atoms with van der Waals surface area (Å²) in [5.74, 6) is 0.716. The predicted molar refractivity (Wildman–Crippen MR) is 153 cm³/mol. The number of hydrogen-bond donors (Lipinski definition) is 0. The maximum Gasteiger partial charge on any atom is 0.212 e. The molecule has 2 heteroatoms. The topological polar surface area (TPSA) is 8.81 Å². The molecule has 0 fully saturated rings. The summed E-state index contributed by atoms with van der Waals surface area (Å²) >= 11 is 0. The first-order valence-electron chi connectivity index (χ1n) is 13.0. The molecule has 0 spiro atoms. The first-order valence-corrected chi connectivity index (χ1v) is 13.0. The average Bonchev–Trinajstić information content (AvgIpc) is 3.31. The molecule has 0 atom stereocenters. The van der Waals surface area contributed by atoms with Crippen LogP contribution >= 0.6 is 0 Å². The third-order valence-electron chi connectivity index (χ3n) is 7.43. The number of aromatic nitrogens is 2. The van der Waals surface area contributed by atoms with Crippen molar-refractivity contribution in [2.75, 3.05) is 0 Å². The highest BCUT2D eigenvalue weighted by molar-refractivity contribution is 6.05. The minimum Gasteiger partial charge on any atom is -0.317 e. The van der Waals surface area contributed by atoms with E-state index in [1.807, 2.05) is 0 Å². The number of hydrogen-bond acceptors (Lipinski definition) is 0. The molecule has 0 radical (unpaired) electrons. The second-order valence-corrected chi connectivity index (χ2v) is 10.6. The van der Waals surface area contributed by atoms with Crippen molar-refractivity contribution in [3.05, 3.63) is 108 Å². The van der Waals surface area contributed by atoms with E-state index in [1.54, 1.807) is 0 Å². The summed E-state index contributed by atoms with van der Waals surface area (Å²) in [4.78, 5) is 0. The van der Waals surface area contributed by atoms with Gasteiger partial charge in [-0.1, -0.05) is 55.8 Å². The monoisotopic (exact) mass is 469 g/mol. The van der Waals surface area contributed by atoms with Crippen LogP contribution in [0.4, 0.5) is 0 Å². The third kappa shape index (κ3) is 4.07. The standard InChI is InChI=1S/C34H33N2/c1-23(2)8-10-25-6-5-7-30(19-25)36-17-16-26-12-13-28(21-34(26)36)27-14-15-33-32(20-27)31-18-24(3)9-11-29(31)22-35(33)4/h5-7,9,11-23H,8,10H2,1-4H3/q+1. The second-order valence-electron chi connectivity index (χ2n) is 10.6. The lowest BCUT2D eigenvalue weighted by Gasteiger charge is -2.11. The largest absolute Gasteiger partial charge is 0.317 e. The molecule has 2 aromatic heterocycles. The fourth-order valence-corrected chi connectivity index (χ4v) is 5.38. The normalized spacial score (nSPS) is 11.8. The van der Waals surface area contributed by atoms with Crippen LogP contribution in [0.25, 0.3) is 49.4 Å². The van der Waals surface area contributed by atoms with Crippen LogP contribution in [0.15, 0.2) is 97.3 Å². The molecule has 2 nitrogen and oxygen atoms in total. The summed E-state index contributed by atoms with van der Waals surface area (Å²) in [6.07, 6.45) is 6.77. The van der Waals surface area contributed by atoms with E-state index < -0.39 is 0 Å². The Morgan fingerprint density at radius 2 is 1.58 bits per heavy atom. The Balaban J connectivity index is 1.46. The SMILES string of the molecule is Cc1ccc2c[n+](C)c3ccc(-c4ccc5ccn(-c6cccc(CCC(C)C)c6)c5c4)cc3c2c1. The Kier molecular flexibility index (Phi) is 5.60. The van der Waals surface area contributed by atoms with Gasteiger partial charge in [0.05, 0.1) is 10.9 Å². The van der Waals surface area contributed by atoms with Crippen molar-refractivity contribution in [2.24, 2.45) is 13.0 Å². The van der Waals surface area contributed by atoms with E-state index in [1.165, 1.54) is 66.9 Å². The maximum absolute atomic E-state index is 2.36. The van der Waals surface area contributed by atoms with Gasteiger partial charge in [-0.3, -0.25) is 0 Å². The molecule has 0 aliphatic carbocycles. The molecule has 0 amide bonds. The molecule has 6 rings (SSSR count). The molecule has 0 N–H and O–H groups in total. The molecule has 6 aromatic rings. The van der Waals surface area contributed by atoms with Gasteiger partial charge in [-0.25, -0.2) is 4.57 Å². The van der Waals surface area contributed by atoms with Gasteiger partial charge in [-0.15, -0.1) is 0 Å². The summed E-state index contributed by atoms with van der Waals surface area (Å²) in [6, 6.07) is 31.7. The Morgan fingerprint density at radius 1 is 0.778 bits per heavy atom. The number of pyridine rings is 1. The van der Waals surface area contributed by atoms with E-state index in [0.717, 1.165) is 6.42 Å². The lowest BCUT2D eigenvalue weighted by atomic mass is 9.98. The van der Waals surface area contributed by atoms with Crippen LogP contribution in [-0.4, -0.2) is 4.57 Å². The van der Waals surface area contributed by atoms with Crippen molar-refractivity contribution in [1.82, 2.24) is 4.57 Å². The molecule has 0 unspecified atom stereocenters. The highest BCUT2D eigenvalue weighted by Crippen LogP contribution is 2.31. The summed E-state index contributed by atoms with van der Waals surface area (Å²) in [6.45, 7) is 6.76. The number of benzene rings is 4. The molecule has 0 bridgehead atoms. The van der Waals surface area contributed by atoms with Gasteiger partial charge in [0.25, 0.3) is 0 Å². The maximum atomic E-state index is 2.36. The van der Waals surface area contributed by atoms with Gasteiger partial charge in [0, 0.05) is 28.7 Å². The Hall–Kier alpha value is -3.91. The number of fused-ring (bicyclic) bond motifs is 4. The van der Waals surface area contributed by atoms with Crippen molar-refractivity contribution in [2.45, 2.75) is 33.6 Å². The van der Waals surface area contributed by atoms with E-state index in [0.29, 0.717) is 5.92 Å². The summed E-state index contributed by atoms with van der Waals surface area (Å²) in [7, 11) is 2.13. The molecular weight excluding hydrogens is 436 g/mol. The molecule has 2 heterocycles. The predicted octanol–water partition coefficient (Wildman–Crippen LogP) is 8.33. The minimum absolute atomic E-state index is 0.716. The quantitative estimate of drug-likeness (QED) is 0.177. The van der Waals surface area contributed by atoms with Crippen LogP contribution < -0.4 is 4.57 Å². The first kappa shape index (κ1) is 22.5. The zero-order valence-corrected chi connectivity index (χ0v) is 21.6. The van der Waals surface area contributed by atoms with Gasteiger partial charge in [0.1, 0.15) is 7.05 Å². The van der Waals surface area contributed by atoms with Crippen molar-refractivity contribution < 1.29 is 4.57 Å². The van der Waals surface area contributed by atoms with E-state index in [2.05, 4.69) is 134 Å². The van der Waals surface area contributed by atoms with E-state index in [4.69, 9.17) is 0 Å². The fourth-order valence-electron chi connectivity index (χ4n) is 5.38. The van der Waals surface area contributed by atoms with Crippen molar-refractivity contribution in [3.8, 4) is 16.8 Å². The average molecular weight is 470 g/mol. The highest BCUT2D eigenvalue weighted by Gasteiger charge is 2.13. The first-order chi connectivity index (χ1) is 17.5. The van der Waals surface area contributed by atoms with Gasteiger partial charge in [-0.05, 0) is 90.2 Å². The summed E-state index contributed by atoms with van der Waals surface area (Å²) < 4.78 is 4.56. The number of aryl methyl sites for hydroxylation is 3. The van der Waals surface area contributed by atoms with Crippen LogP contribution in [0, 0.1) is 12.8 Å². The molecular formula is C34H33N2+. The van der Waals surface area contributed by atoms with Gasteiger partial charge in [0.15, 0.2) is 6.20 Å². The highest BCUT2D eigenvalue weighted by atomic mass is 15.0. The van der Waals surface area contributed by atoms with Gasteiger partial charge in [0.2, 0.25) is 5.52 Å². The second kappa shape index (κ2) is 8.95. The Morgan fingerprint density at radius 3 is 2.44 bits per heavy atom.